The maximum Gasteiger partial charge on any atom is 0.295 e. The summed E-state index contributed by atoms with van der Waals surface area (Å²) in [6.07, 6.45) is 0. The van der Waals surface area contributed by atoms with E-state index in [1.807, 2.05) is 60.7 Å². The van der Waals surface area contributed by atoms with Crippen molar-refractivity contribution in [3.63, 3.8) is 0 Å². The highest BCUT2D eigenvalue weighted by Crippen LogP contribution is 2.33. The number of aromatic nitrogens is 2. The Balaban J connectivity index is 1.87. The molecule has 0 radical (unpaired) electrons. The van der Waals surface area contributed by atoms with E-state index in [1.165, 1.54) is 6.07 Å². The van der Waals surface area contributed by atoms with Crippen molar-refractivity contribution in [1.29, 1.82) is 0 Å². The van der Waals surface area contributed by atoms with Crippen molar-refractivity contribution in [1.82, 2.24) is 9.97 Å². The van der Waals surface area contributed by atoms with Gasteiger partial charge in [-0.2, -0.15) is 8.42 Å². The van der Waals surface area contributed by atoms with Crippen molar-refractivity contribution in [3.8, 4) is 22.5 Å². The smallest absolute Gasteiger partial charge is 0.282 e. The number of hydrogen-bond acceptors (Lipinski definition) is 4. The second-order valence-electron chi connectivity index (χ2n) is 6.95. The van der Waals surface area contributed by atoms with Crippen LogP contribution in [0.4, 0.5) is 0 Å². The lowest BCUT2D eigenvalue weighted by Gasteiger charge is -2.12. The molecule has 6 heteroatoms. The van der Waals surface area contributed by atoms with Crippen LogP contribution in [-0.4, -0.2) is 22.9 Å². The Morgan fingerprint density at radius 1 is 0.633 bits per heavy atom. The molecule has 0 bridgehead atoms. The van der Waals surface area contributed by atoms with Gasteiger partial charge in [-0.3, -0.25) is 4.55 Å². The average Bonchev–Trinajstić information content (AvgIpc) is 2.77. The molecule has 0 unspecified atom stereocenters. The van der Waals surface area contributed by atoms with Crippen LogP contribution in [0.3, 0.4) is 0 Å². The Morgan fingerprint density at radius 2 is 1.17 bits per heavy atom. The van der Waals surface area contributed by atoms with Gasteiger partial charge in [0.15, 0.2) is 0 Å². The molecule has 0 saturated heterocycles. The van der Waals surface area contributed by atoms with Crippen LogP contribution in [0, 0.1) is 0 Å². The van der Waals surface area contributed by atoms with Crippen molar-refractivity contribution >= 4 is 31.9 Å². The third-order valence-electron chi connectivity index (χ3n) is 5.00. The van der Waals surface area contributed by atoms with Gasteiger partial charge in [-0.05, 0) is 23.6 Å². The summed E-state index contributed by atoms with van der Waals surface area (Å²) in [5, 5.41) is 1.08. The number of hydrogen-bond donors (Lipinski definition) is 1. The Labute approximate surface area is 173 Å². The summed E-state index contributed by atoms with van der Waals surface area (Å²) in [7, 11) is -4.36. The number of rotatable bonds is 3. The van der Waals surface area contributed by atoms with Gasteiger partial charge in [0.2, 0.25) is 0 Å². The van der Waals surface area contributed by atoms with Gasteiger partial charge >= 0.3 is 0 Å². The summed E-state index contributed by atoms with van der Waals surface area (Å²) in [6, 6.07) is 27.8. The van der Waals surface area contributed by atoms with Gasteiger partial charge in [-0.25, -0.2) is 9.97 Å². The van der Waals surface area contributed by atoms with Gasteiger partial charge in [0.25, 0.3) is 10.1 Å². The lowest BCUT2D eigenvalue weighted by Crippen LogP contribution is -2.00. The highest BCUT2D eigenvalue weighted by molar-refractivity contribution is 7.86. The summed E-state index contributed by atoms with van der Waals surface area (Å²) < 4.78 is 33.3. The third-order valence-corrected chi connectivity index (χ3v) is 5.91. The Kier molecular flexibility index (Phi) is 4.31. The van der Waals surface area contributed by atoms with E-state index in [0.29, 0.717) is 27.5 Å². The summed E-state index contributed by atoms with van der Waals surface area (Å²) in [6.45, 7) is 0. The molecular formula is C24H16N2O3S. The average molecular weight is 412 g/mol. The largest absolute Gasteiger partial charge is 0.295 e. The van der Waals surface area contributed by atoms with Crippen molar-refractivity contribution in [2.75, 3.05) is 0 Å². The Bertz CT molecular complexity index is 1500. The molecule has 146 valence electrons. The molecule has 0 atom stereocenters. The van der Waals surface area contributed by atoms with Crippen molar-refractivity contribution < 1.29 is 13.0 Å². The Hall–Kier alpha value is -3.61. The second kappa shape index (κ2) is 7.02. The quantitative estimate of drug-likeness (QED) is 0.319. The lowest BCUT2D eigenvalue weighted by molar-refractivity contribution is 0.484. The first-order valence-corrected chi connectivity index (χ1v) is 10.8. The summed E-state index contributed by atoms with van der Waals surface area (Å²) in [5.74, 6) is 0. The van der Waals surface area contributed by atoms with Gasteiger partial charge in [0, 0.05) is 16.5 Å². The summed E-state index contributed by atoms with van der Waals surface area (Å²) in [5.41, 5.74) is 4.51. The van der Waals surface area contributed by atoms with Crippen LogP contribution >= 0.6 is 0 Å². The predicted molar refractivity (Wildman–Crippen MR) is 118 cm³/mol. The zero-order chi connectivity index (χ0) is 20.7. The lowest BCUT2D eigenvalue weighted by atomic mass is 10.0. The zero-order valence-corrected chi connectivity index (χ0v) is 16.5. The Morgan fingerprint density at radius 3 is 1.70 bits per heavy atom. The van der Waals surface area contributed by atoms with Crippen LogP contribution in [0.2, 0.25) is 0 Å². The second-order valence-corrected chi connectivity index (χ2v) is 8.34. The van der Waals surface area contributed by atoms with Gasteiger partial charge in [0.05, 0.1) is 22.4 Å². The first-order chi connectivity index (χ1) is 14.5. The molecule has 0 spiro atoms. The molecule has 0 saturated carbocycles. The number of fused-ring (bicyclic) bond motifs is 2. The topological polar surface area (TPSA) is 80.2 Å². The zero-order valence-electron chi connectivity index (χ0n) is 15.7. The first-order valence-electron chi connectivity index (χ1n) is 9.33. The standard InChI is InChI=1S/C24H16N2O3S/c27-30(28,29)22-13-7-12-18-14-20-21(15-19(18)22)26-24(17-10-5-2-6-11-17)23(25-20)16-8-3-1-4-9-16/h1-15H,(H,27,28,29). The van der Waals surface area contributed by atoms with Crippen LogP contribution in [0.5, 0.6) is 0 Å². The van der Waals surface area contributed by atoms with Crippen molar-refractivity contribution in [3.05, 3.63) is 91.0 Å². The maximum absolute atomic E-state index is 11.8. The molecule has 0 fully saturated rings. The minimum atomic E-state index is -4.36. The van der Waals surface area contributed by atoms with E-state index in [9.17, 15) is 13.0 Å². The molecule has 1 heterocycles. The summed E-state index contributed by atoms with van der Waals surface area (Å²) in [4.78, 5) is 9.60. The van der Waals surface area contributed by atoms with Gasteiger partial charge in [-0.15, -0.1) is 0 Å². The molecule has 1 N–H and O–H groups in total. The molecule has 1 aromatic heterocycles. The molecule has 5 nitrogen and oxygen atoms in total. The van der Waals surface area contributed by atoms with E-state index >= 15 is 0 Å². The predicted octanol–water partition coefficient (Wildman–Crippen LogP) is 5.36. The number of benzene rings is 4. The van der Waals surface area contributed by atoms with Crippen molar-refractivity contribution in [2.45, 2.75) is 4.90 Å². The molecule has 5 rings (SSSR count). The first kappa shape index (κ1) is 18.4. The molecule has 4 aromatic carbocycles. The molecule has 0 aliphatic heterocycles. The van der Waals surface area contributed by atoms with Gasteiger partial charge in [-0.1, -0.05) is 72.8 Å². The highest BCUT2D eigenvalue weighted by atomic mass is 32.2. The van der Waals surface area contributed by atoms with E-state index in [4.69, 9.17) is 9.97 Å². The molecule has 0 aliphatic rings. The van der Waals surface area contributed by atoms with Crippen LogP contribution in [0.25, 0.3) is 44.3 Å². The van der Waals surface area contributed by atoms with Crippen LogP contribution in [-0.2, 0) is 10.1 Å². The van der Waals surface area contributed by atoms with Gasteiger partial charge in [0.1, 0.15) is 4.90 Å². The van der Waals surface area contributed by atoms with E-state index in [0.717, 1.165) is 16.8 Å². The SMILES string of the molecule is O=S(=O)(O)c1cccc2cc3nc(-c4ccccc4)c(-c4ccccc4)nc3cc12. The van der Waals surface area contributed by atoms with E-state index < -0.39 is 10.1 Å². The molecule has 30 heavy (non-hydrogen) atoms. The fourth-order valence-corrected chi connectivity index (χ4v) is 4.32. The molecule has 0 amide bonds. The molecule has 0 aliphatic carbocycles. The highest BCUT2D eigenvalue weighted by Gasteiger charge is 2.17. The third kappa shape index (κ3) is 3.22. The van der Waals surface area contributed by atoms with E-state index in [-0.39, 0.29) is 4.90 Å². The van der Waals surface area contributed by atoms with E-state index in [2.05, 4.69) is 0 Å². The van der Waals surface area contributed by atoms with Crippen LogP contribution in [0.1, 0.15) is 0 Å². The number of nitrogens with zero attached hydrogens (tertiary/aromatic N) is 2. The van der Waals surface area contributed by atoms with E-state index in [1.54, 1.807) is 24.3 Å². The fourth-order valence-electron chi connectivity index (χ4n) is 3.62. The molecule has 5 aromatic rings. The fraction of sp³-hybridized carbons (Fsp3) is 0. The monoisotopic (exact) mass is 412 g/mol. The minimum Gasteiger partial charge on any atom is -0.282 e. The molecular weight excluding hydrogens is 396 g/mol. The normalized spacial score (nSPS) is 11.8. The van der Waals surface area contributed by atoms with Crippen LogP contribution < -0.4 is 0 Å². The summed E-state index contributed by atoms with van der Waals surface area (Å²) >= 11 is 0. The van der Waals surface area contributed by atoms with Crippen LogP contribution in [0.15, 0.2) is 95.9 Å². The van der Waals surface area contributed by atoms with Crippen molar-refractivity contribution in [2.24, 2.45) is 0 Å². The minimum absolute atomic E-state index is 0.142. The van der Waals surface area contributed by atoms with Gasteiger partial charge < -0.3 is 0 Å². The maximum atomic E-state index is 11.8.